The Morgan fingerprint density at radius 2 is 1.78 bits per heavy atom. The van der Waals surface area contributed by atoms with E-state index in [9.17, 15) is 14.4 Å². The number of rotatable bonds is 9. The molecular weight excluding hydrogens is 476 g/mol. The molecule has 2 amide bonds. The zero-order valence-corrected chi connectivity index (χ0v) is 21.1. The van der Waals surface area contributed by atoms with E-state index in [1.807, 2.05) is 0 Å². The van der Waals surface area contributed by atoms with Crippen LogP contribution in [-0.2, 0) is 23.9 Å². The first-order valence-corrected chi connectivity index (χ1v) is 12.0. The van der Waals surface area contributed by atoms with Gasteiger partial charge in [0.1, 0.15) is 11.5 Å². The van der Waals surface area contributed by atoms with Crippen LogP contribution >= 0.6 is 0 Å². The Bertz CT molecular complexity index is 1210. The van der Waals surface area contributed by atoms with Gasteiger partial charge < -0.3 is 24.3 Å². The van der Waals surface area contributed by atoms with Gasteiger partial charge in [0.05, 0.1) is 31.5 Å². The van der Waals surface area contributed by atoms with Crippen LogP contribution in [0.1, 0.15) is 25.3 Å². The SMILES string of the molecule is COC(=O)C1=C(C)N(c2ccc(OC)cc2)C(=O)/C1=C\c1ccc(OCC(=O)NC[C@H]2CCCO2)cc1. The summed E-state index contributed by atoms with van der Waals surface area (Å²) in [5.74, 6) is 0.00383. The molecule has 0 aromatic heterocycles. The number of benzene rings is 2. The predicted molar refractivity (Wildman–Crippen MR) is 137 cm³/mol. The van der Waals surface area contributed by atoms with E-state index >= 15 is 0 Å². The van der Waals surface area contributed by atoms with Crippen LogP contribution in [0, 0.1) is 0 Å². The Balaban J connectivity index is 1.46. The zero-order valence-electron chi connectivity index (χ0n) is 21.1. The quantitative estimate of drug-likeness (QED) is 0.411. The van der Waals surface area contributed by atoms with Gasteiger partial charge >= 0.3 is 5.97 Å². The largest absolute Gasteiger partial charge is 0.497 e. The van der Waals surface area contributed by atoms with Crippen LogP contribution in [-0.4, -0.2) is 57.9 Å². The number of hydrogen-bond donors (Lipinski definition) is 1. The van der Waals surface area contributed by atoms with Gasteiger partial charge in [-0.25, -0.2) is 4.79 Å². The van der Waals surface area contributed by atoms with E-state index in [4.69, 9.17) is 18.9 Å². The zero-order chi connectivity index (χ0) is 26.4. The lowest BCUT2D eigenvalue weighted by Gasteiger charge is -2.18. The van der Waals surface area contributed by atoms with Gasteiger partial charge in [-0.05, 0) is 67.8 Å². The summed E-state index contributed by atoms with van der Waals surface area (Å²) in [7, 11) is 2.85. The number of nitrogens with zero attached hydrogens (tertiary/aromatic N) is 1. The van der Waals surface area contributed by atoms with Crippen molar-refractivity contribution in [2.45, 2.75) is 25.9 Å². The highest BCUT2D eigenvalue weighted by molar-refractivity contribution is 6.23. The second kappa shape index (κ2) is 11.7. The van der Waals surface area contributed by atoms with Gasteiger partial charge in [-0.2, -0.15) is 0 Å². The first-order valence-electron chi connectivity index (χ1n) is 12.0. The fourth-order valence-corrected chi connectivity index (χ4v) is 4.28. The van der Waals surface area contributed by atoms with Crippen molar-refractivity contribution < 1.29 is 33.3 Å². The van der Waals surface area contributed by atoms with Gasteiger partial charge in [0.15, 0.2) is 6.61 Å². The van der Waals surface area contributed by atoms with E-state index in [2.05, 4.69) is 5.32 Å². The first-order chi connectivity index (χ1) is 17.9. The number of esters is 1. The summed E-state index contributed by atoms with van der Waals surface area (Å²) in [4.78, 5) is 39.5. The van der Waals surface area contributed by atoms with E-state index in [1.165, 1.54) is 12.0 Å². The molecule has 194 valence electrons. The highest BCUT2D eigenvalue weighted by Crippen LogP contribution is 2.36. The van der Waals surface area contributed by atoms with Crippen LogP contribution in [0.3, 0.4) is 0 Å². The molecule has 1 saturated heterocycles. The number of allylic oxidation sites excluding steroid dienone is 1. The summed E-state index contributed by atoms with van der Waals surface area (Å²) in [6, 6.07) is 13.9. The highest BCUT2D eigenvalue weighted by Gasteiger charge is 2.37. The third-order valence-corrected chi connectivity index (χ3v) is 6.23. The Hall–Kier alpha value is -4.11. The summed E-state index contributed by atoms with van der Waals surface area (Å²) < 4.78 is 21.2. The molecule has 2 heterocycles. The number of carbonyl (C=O) groups excluding carboxylic acids is 3. The second-order valence-electron chi connectivity index (χ2n) is 8.65. The minimum atomic E-state index is -0.595. The predicted octanol–water partition coefficient (Wildman–Crippen LogP) is 3.25. The molecule has 1 atom stereocenters. The maximum absolute atomic E-state index is 13.4. The summed E-state index contributed by atoms with van der Waals surface area (Å²) in [6.07, 6.45) is 3.67. The minimum absolute atomic E-state index is 0.0720. The summed E-state index contributed by atoms with van der Waals surface area (Å²) in [5, 5.41) is 2.81. The smallest absolute Gasteiger partial charge is 0.340 e. The Morgan fingerprint density at radius 3 is 2.41 bits per heavy atom. The van der Waals surface area contributed by atoms with Gasteiger partial charge in [0, 0.05) is 24.5 Å². The Kier molecular flexibility index (Phi) is 8.25. The molecule has 0 unspecified atom stereocenters. The molecule has 1 fully saturated rings. The number of carbonyl (C=O) groups is 3. The number of anilines is 1. The molecule has 2 aromatic carbocycles. The van der Waals surface area contributed by atoms with Gasteiger partial charge in [0.25, 0.3) is 11.8 Å². The maximum atomic E-state index is 13.4. The average molecular weight is 507 g/mol. The van der Waals surface area contributed by atoms with E-state index in [1.54, 1.807) is 68.6 Å². The second-order valence-corrected chi connectivity index (χ2v) is 8.65. The van der Waals surface area contributed by atoms with Gasteiger partial charge in [-0.3, -0.25) is 14.5 Å². The van der Waals surface area contributed by atoms with Crippen LogP contribution < -0.4 is 19.7 Å². The maximum Gasteiger partial charge on any atom is 0.340 e. The van der Waals surface area contributed by atoms with E-state index < -0.39 is 5.97 Å². The normalized spacial score (nSPS) is 18.4. The van der Waals surface area contributed by atoms with Crippen LogP contribution in [0.5, 0.6) is 11.5 Å². The molecule has 2 aliphatic heterocycles. The number of nitrogens with one attached hydrogen (secondary N) is 1. The fraction of sp³-hybridized carbons (Fsp3) is 0.321. The topological polar surface area (TPSA) is 103 Å². The van der Waals surface area contributed by atoms with Crippen molar-refractivity contribution in [3.63, 3.8) is 0 Å². The van der Waals surface area contributed by atoms with Gasteiger partial charge in [-0.1, -0.05) is 12.1 Å². The molecule has 0 radical (unpaired) electrons. The molecule has 0 aliphatic carbocycles. The summed E-state index contributed by atoms with van der Waals surface area (Å²) in [6.45, 7) is 2.81. The number of hydrogen-bond acceptors (Lipinski definition) is 7. The minimum Gasteiger partial charge on any atom is -0.497 e. The molecule has 1 N–H and O–H groups in total. The van der Waals surface area contributed by atoms with Crippen molar-refractivity contribution in [3.05, 3.63) is 70.9 Å². The Labute approximate surface area is 215 Å². The summed E-state index contributed by atoms with van der Waals surface area (Å²) in [5.41, 5.74) is 2.19. The summed E-state index contributed by atoms with van der Waals surface area (Å²) >= 11 is 0. The van der Waals surface area contributed by atoms with Crippen LogP contribution in [0.15, 0.2) is 65.4 Å². The molecule has 0 bridgehead atoms. The molecule has 2 aromatic rings. The average Bonchev–Trinajstić information content (AvgIpc) is 3.53. The van der Waals surface area contributed by atoms with Crippen LogP contribution in [0.4, 0.5) is 5.69 Å². The van der Waals surface area contributed by atoms with Crippen molar-refractivity contribution in [2.75, 3.05) is 38.9 Å². The molecule has 9 heteroatoms. The standard InChI is InChI=1S/C28H30N2O7/c1-18-26(28(33)35-3)24(27(32)30(18)20-8-12-21(34-2)13-9-20)15-19-6-10-22(11-7-19)37-17-25(31)29-16-23-5-4-14-36-23/h6-13,15,23H,4-5,14,16-17H2,1-3H3,(H,29,31)/b24-15-/t23-/m1/s1. The Morgan fingerprint density at radius 1 is 1.08 bits per heavy atom. The highest BCUT2D eigenvalue weighted by atomic mass is 16.5. The molecule has 9 nitrogen and oxygen atoms in total. The lowest BCUT2D eigenvalue weighted by atomic mass is 10.0. The van der Waals surface area contributed by atoms with Gasteiger partial charge in [0.2, 0.25) is 0 Å². The van der Waals surface area contributed by atoms with Crippen LogP contribution in [0.2, 0.25) is 0 Å². The van der Waals surface area contributed by atoms with Gasteiger partial charge in [-0.15, -0.1) is 0 Å². The van der Waals surface area contributed by atoms with E-state index in [0.717, 1.165) is 19.4 Å². The lowest BCUT2D eigenvalue weighted by Crippen LogP contribution is -2.35. The monoisotopic (exact) mass is 506 g/mol. The number of methoxy groups -OCH3 is 2. The van der Waals surface area contributed by atoms with Crippen LogP contribution in [0.25, 0.3) is 6.08 Å². The third kappa shape index (κ3) is 6.00. The van der Waals surface area contributed by atoms with E-state index in [-0.39, 0.29) is 35.7 Å². The van der Waals surface area contributed by atoms with Crippen molar-refractivity contribution in [1.82, 2.24) is 5.32 Å². The molecule has 37 heavy (non-hydrogen) atoms. The number of ether oxygens (including phenoxy) is 4. The molecule has 0 spiro atoms. The fourth-order valence-electron chi connectivity index (χ4n) is 4.28. The third-order valence-electron chi connectivity index (χ3n) is 6.23. The van der Waals surface area contributed by atoms with Crippen molar-refractivity contribution in [2.24, 2.45) is 0 Å². The molecule has 4 rings (SSSR count). The van der Waals surface area contributed by atoms with Crippen molar-refractivity contribution in [1.29, 1.82) is 0 Å². The van der Waals surface area contributed by atoms with Crippen molar-refractivity contribution >= 4 is 29.5 Å². The molecule has 0 saturated carbocycles. The van der Waals surface area contributed by atoms with Crippen molar-refractivity contribution in [3.8, 4) is 11.5 Å². The van der Waals surface area contributed by atoms with E-state index in [0.29, 0.717) is 35.0 Å². The first kappa shape index (κ1) is 26.0. The number of amides is 2. The molecule has 2 aliphatic rings. The lowest BCUT2D eigenvalue weighted by molar-refractivity contribution is -0.136. The molecular formula is C28H30N2O7.